The van der Waals surface area contributed by atoms with Gasteiger partial charge in [0.25, 0.3) is 10.0 Å². The lowest BCUT2D eigenvalue weighted by molar-refractivity contribution is 0.198. The average molecular weight is 367 g/mol. The van der Waals surface area contributed by atoms with Gasteiger partial charge in [0.15, 0.2) is 0 Å². The summed E-state index contributed by atoms with van der Waals surface area (Å²) in [6, 6.07) is 14.8. The largest absolute Gasteiger partial charge is 0.475 e. The van der Waals surface area contributed by atoms with Gasteiger partial charge in [0.1, 0.15) is 5.75 Å². The Balaban J connectivity index is 1.97. The monoisotopic (exact) mass is 367 g/mol. The van der Waals surface area contributed by atoms with Crippen molar-refractivity contribution >= 4 is 17.8 Å². The zero-order valence-corrected chi connectivity index (χ0v) is 14.9. The van der Waals surface area contributed by atoms with Gasteiger partial charge in [-0.25, -0.2) is 13.0 Å². The zero-order chi connectivity index (χ0) is 17.2. The summed E-state index contributed by atoms with van der Waals surface area (Å²) in [5.41, 5.74) is 0.938. The molecule has 128 valence electrons. The number of hydrogen-bond donors (Lipinski definition) is 0. The van der Waals surface area contributed by atoms with Crippen LogP contribution in [0.25, 0.3) is 0 Å². The highest BCUT2D eigenvalue weighted by molar-refractivity contribution is 7.94. The maximum absolute atomic E-state index is 13.1. The molecule has 0 radical (unpaired) electrons. The topological polar surface area (TPSA) is 72.9 Å². The summed E-state index contributed by atoms with van der Waals surface area (Å²) < 4.78 is 50.5. The lowest BCUT2D eigenvalue weighted by Gasteiger charge is -2.32. The van der Waals surface area contributed by atoms with E-state index < -0.39 is 17.8 Å². The van der Waals surface area contributed by atoms with Gasteiger partial charge >= 0.3 is 7.75 Å². The number of rotatable bonds is 4. The molecule has 2 aromatic carbocycles. The van der Waals surface area contributed by atoms with Gasteiger partial charge in [0.2, 0.25) is 0 Å². The van der Waals surface area contributed by atoms with Crippen LogP contribution in [0, 0.1) is 6.92 Å². The molecule has 6 nitrogen and oxygen atoms in total. The van der Waals surface area contributed by atoms with Crippen molar-refractivity contribution in [2.45, 2.75) is 18.2 Å². The van der Waals surface area contributed by atoms with Crippen LogP contribution in [0.4, 0.5) is 0 Å². The van der Waals surface area contributed by atoms with Crippen molar-refractivity contribution in [1.82, 2.24) is 4.08 Å². The molecule has 24 heavy (non-hydrogen) atoms. The molecule has 1 unspecified atom stereocenters. The highest BCUT2D eigenvalue weighted by atomic mass is 32.2. The molecule has 0 spiro atoms. The van der Waals surface area contributed by atoms with Gasteiger partial charge in [-0.15, -0.1) is 0 Å². The van der Waals surface area contributed by atoms with Crippen LogP contribution >= 0.6 is 7.75 Å². The SMILES string of the molecule is Cc1ccc(S(=O)(=O)N2CCCOP2(=O)Oc2ccccc2)cc1. The molecule has 0 aromatic heterocycles. The minimum absolute atomic E-state index is 0.0653. The van der Waals surface area contributed by atoms with Gasteiger partial charge in [-0.05, 0) is 37.6 Å². The molecule has 1 fully saturated rings. The van der Waals surface area contributed by atoms with Crippen LogP contribution in [0.1, 0.15) is 12.0 Å². The molecule has 8 heteroatoms. The van der Waals surface area contributed by atoms with Gasteiger partial charge in [0.05, 0.1) is 11.5 Å². The summed E-state index contributed by atoms with van der Waals surface area (Å²) in [6.45, 7) is 2.13. The number of hydrogen-bond acceptors (Lipinski definition) is 5. The second-order valence-corrected chi connectivity index (χ2v) is 9.42. The van der Waals surface area contributed by atoms with Gasteiger partial charge in [-0.2, -0.15) is 0 Å². The van der Waals surface area contributed by atoms with E-state index in [9.17, 15) is 13.0 Å². The number of nitrogens with zero attached hydrogens (tertiary/aromatic N) is 1. The third kappa shape index (κ3) is 3.39. The lowest BCUT2D eigenvalue weighted by Crippen LogP contribution is -2.35. The van der Waals surface area contributed by atoms with Gasteiger partial charge < -0.3 is 4.52 Å². The van der Waals surface area contributed by atoms with E-state index in [0.29, 0.717) is 12.2 Å². The first kappa shape index (κ1) is 17.2. The molecule has 0 amide bonds. The first-order valence-electron chi connectivity index (χ1n) is 7.51. The predicted molar refractivity (Wildman–Crippen MR) is 90.3 cm³/mol. The van der Waals surface area contributed by atoms with E-state index in [1.54, 1.807) is 42.5 Å². The van der Waals surface area contributed by atoms with E-state index in [1.807, 2.05) is 6.92 Å². The van der Waals surface area contributed by atoms with E-state index in [0.717, 1.165) is 9.64 Å². The fourth-order valence-electron chi connectivity index (χ4n) is 2.34. The van der Waals surface area contributed by atoms with E-state index in [1.165, 1.54) is 12.1 Å². The van der Waals surface area contributed by atoms with Gasteiger partial charge in [-0.1, -0.05) is 40.0 Å². The van der Waals surface area contributed by atoms with Crippen LogP contribution in [0.5, 0.6) is 5.75 Å². The van der Waals surface area contributed by atoms with Crippen molar-refractivity contribution < 1.29 is 22.0 Å². The Morgan fingerprint density at radius 1 is 1.08 bits per heavy atom. The van der Waals surface area contributed by atoms with Crippen molar-refractivity contribution in [3.8, 4) is 5.75 Å². The zero-order valence-electron chi connectivity index (χ0n) is 13.2. The second-order valence-electron chi connectivity index (χ2n) is 5.42. The molecule has 1 atom stereocenters. The normalized spacial score (nSPS) is 22.2. The highest BCUT2D eigenvalue weighted by Crippen LogP contribution is 2.56. The summed E-state index contributed by atoms with van der Waals surface area (Å²) in [6.07, 6.45) is 0.452. The number of sulfonamides is 1. The molecular formula is C16H18NO5PS. The van der Waals surface area contributed by atoms with E-state index in [-0.39, 0.29) is 18.0 Å². The number of benzene rings is 2. The fraction of sp³-hybridized carbons (Fsp3) is 0.250. The molecule has 3 rings (SSSR count). The van der Waals surface area contributed by atoms with E-state index >= 15 is 0 Å². The Labute approximate surface area is 141 Å². The molecule has 0 aliphatic carbocycles. The van der Waals surface area contributed by atoms with Crippen molar-refractivity contribution in [3.05, 3.63) is 60.2 Å². The molecule has 1 heterocycles. The van der Waals surface area contributed by atoms with Crippen LogP contribution in [0.3, 0.4) is 0 Å². The minimum Gasteiger partial charge on any atom is -0.412 e. The standard InChI is InChI=1S/C16H18NO5PS/c1-14-8-10-16(11-9-14)24(19,20)17-12-5-13-21-23(17,18)22-15-6-3-2-4-7-15/h2-4,6-11H,5,12-13H2,1H3. The predicted octanol–water partition coefficient (Wildman–Crippen LogP) is 3.59. The molecule has 1 aliphatic rings. The van der Waals surface area contributed by atoms with Crippen molar-refractivity contribution in [3.63, 3.8) is 0 Å². The smallest absolute Gasteiger partial charge is 0.412 e. The highest BCUT2D eigenvalue weighted by Gasteiger charge is 2.46. The van der Waals surface area contributed by atoms with E-state index in [4.69, 9.17) is 9.05 Å². The maximum atomic E-state index is 13.1. The van der Waals surface area contributed by atoms with E-state index in [2.05, 4.69) is 0 Å². The number of para-hydroxylation sites is 1. The van der Waals surface area contributed by atoms with Crippen LogP contribution in [0.2, 0.25) is 0 Å². The Morgan fingerprint density at radius 3 is 2.42 bits per heavy atom. The van der Waals surface area contributed by atoms with Crippen molar-refractivity contribution in [1.29, 1.82) is 0 Å². The Morgan fingerprint density at radius 2 is 1.75 bits per heavy atom. The molecule has 0 bridgehead atoms. The van der Waals surface area contributed by atoms with Gasteiger partial charge in [0, 0.05) is 6.54 Å². The number of aryl methyl sites for hydroxylation is 1. The van der Waals surface area contributed by atoms with Crippen molar-refractivity contribution in [2.75, 3.05) is 13.2 Å². The van der Waals surface area contributed by atoms with Crippen molar-refractivity contribution in [2.24, 2.45) is 0 Å². The third-order valence-corrected chi connectivity index (χ3v) is 8.13. The van der Waals surface area contributed by atoms with Gasteiger partial charge in [-0.3, -0.25) is 4.52 Å². The molecular weight excluding hydrogens is 349 g/mol. The fourth-order valence-corrected chi connectivity index (χ4v) is 6.41. The summed E-state index contributed by atoms with van der Waals surface area (Å²) in [4.78, 5) is 0.0653. The lowest BCUT2D eigenvalue weighted by atomic mass is 10.2. The summed E-state index contributed by atoms with van der Waals surface area (Å²) in [5.74, 6) is 0.298. The van der Waals surface area contributed by atoms with Crippen LogP contribution < -0.4 is 4.52 Å². The molecule has 1 aliphatic heterocycles. The average Bonchev–Trinajstić information content (AvgIpc) is 2.56. The van der Waals surface area contributed by atoms with Crippen LogP contribution in [-0.2, 0) is 19.1 Å². The Hall–Kier alpha value is -1.66. The summed E-state index contributed by atoms with van der Waals surface area (Å²) >= 11 is 0. The molecule has 1 saturated heterocycles. The third-order valence-electron chi connectivity index (χ3n) is 3.58. The molecule has 2 aromatic rings. The maximum Gasteiger partial charge on any atom is 0.475 e. The minimum atomic E-state index is -4.00. The molecule has 0 saturated carbocycles. The van der Waals surface area contributed by atoms with Crippen LogP contribution in [-0.4, -0.2) is 25.6 Å². The quantitative estimate of drug-likeness (QED) is 0.772. The Kier molecular flexibility index (Phi) is 4.78. The first-order valence-corrected chi connectivity index (χ1v) is 10.4. The second kappa shape index (κ2) is 6.69. The van der Waals surface area contributed by atoms with Crippen LogP contribution in [0.15, 0.2) is 59.5 Å². The summed E-state index contributed by atoms with van der Waals surface area (Å²) in [5, 5.41) is 0. The Bertz CT molecular complexity index is 852. The first-order chi connectivity index (χ1) is 11.4. The summed E-state index contributed by atoms with van der Waals surface area (Å²) in [7, 11) is -7.99. The molecule has 0 N–H and O–H groups in total.